The van der Waals surface area contributed by atoms with Gasteiger partial charge in [0.1, 0.15) is 5.76 Å². The van der Waals surface area contributed by atoms with Crippen LogP contribution in [0.2, 0.25) is 0 Å². The predicted octanol–water partition coefficient (Wildman–Crippen LogP) is 6.25. The topological polar surface area (TPSA) is 55.1 Å². The fourth-order valence-corrected chi connectivity index (χ4v) is 4.82. The molecule has 1 amide bonds. The Morgan fingerprint density at radius 1 is 1.10 bits per heavy atom. The Kier molecular flexibility index (Phi) is 6.58. The minimum Gasteiger partial charge on any atom is -0.441 e. The number of aromatic nitrogens is 1. The minimum atomic E-state index is 0.00355. The molecule has 0 bridgehead atoms. The van der Waals surface area contributed by atoms with Crippen LogP contribution in [0.25, 0.3) is 11.5 Å². The Labute approximate surface area is 182 Å². The smallest absolute Gasteiger partial charge is 0.251 e. The maximum Gasteiger partial charge on any atom is 0.251 e. The third-order valence-corrected chi connectivity index (χ3v) is 6.86. The van der Waals surface area contributed by atoms with E-state index in [1.165, 1.54) is 24.2 Å². The van der Waals surface area contributed by atoms with E-state index in [1.54, 1.807) is 11.8 Å². The van der Waals surface area contributed by atoms with Gasteiger partial charge in [0.05, 0.1) is 5.69 Å². The Morgan fingerprint density at radius 3 is 2.57 bits per heavy atom. The largest absolute Gasteiger partial charge is 0.441 e. The first-order valence-corrected chi connectivity index (χ1v) is 11.6. The number of oxazole rings is 1. The number of carbonyl (C=O) groups excluding carboxylic acids is 1. The SMILES string of the molecule is Cc1oc(-c2ccc(C(=O)NC3CCCCC3C)cc2)nc1CSc1ccccc1. The lowest BCUT2D eigenvalue weighted by molar-refractivity contribution is 0.0910. The average molecular weight is 421 g/mol. The molecule has 0 spiro atoms. The molecular weight excluding hydrogens is 392 g/mol. The Balaban J connectivity index is 1.40. The van der Waals surface area contributed by atoms with Gasteiger partial charge in [0.2, 0.25) is 5.89 Å². The van der Waals surface area contributed by atoms with Crippen molar-refractivity contribution in [3.05, 3.63) is 71.6 Å². The van der Waals surface area contributed by atoms with E-state index < -0.39 is 0 Å². The van der Waals surface area contributed by atoms with Crippen LogP contribution in [-0.4, -0.2) is 16.9 Å². The van der Waals surface area contributed by atoms with Gasteiger partial charge in [0, 0.05) is 27.8 Å². The fourth-order valence-electron chi connectivity index (χ4n) is 3.90. The van der Waals surface area contributed by atoms with Crippen LogP contribution in [0.1, 0.15) is 54.4 Å². The van der Waals surface area contributed by atoms with Crippen molar-refractivity contribution in [3.63, 3.8) is 0 Å². The maximum absolute atomic E-state index is 12.6. The molecule has 30 heavy (non-hydrogen) atoms. The third kappa shape index (κ3) is 4.96. The standard InChI is InChI=1S/C25H28N2O2S/c1-17-8-6-7-11-22(17)26-24(28)19-12-14-20(15-13-19)25-27-23(18(2)29-25)16-30-21-9-4-3-5-10-21/h3-5,9-10,12-15,17,22H,6-8,11,16H2,1-2H3,(H,26,28). The number of rotatable bonds is 6. The lowest BCUT2D eigenvalue weighted by Crippen LogP contribution is -2.41. The van der Waals surface area contributed by atoms with Crippen molar-refractivity contribution in [2.24, 2.45) is 5.92 Å². The Bertz CT molecular complexity index is 982. The van der Waals surface area contributed by atoms with Crippen molar-refractivity contribution in [2.75, 3.05) is 0 Å². The van der Waals surface area contributed by atoms with Gasteiger partial charge in [0.25, 0.3) is 5.91 Å². The van der Waals surface area contributed by atoms with Gasteiger partial charge in [-0.25, -0.2) is 4.98 Å². The molecule has 2 aromatic carbocycles. The van der Waals surface area contributed by atoms with E-state index in [4.69, 9.17) is 4.42 Å². The number of benzene rings is 2. The molecule has 1 N–H and O–H groups in total. The van der Waals surface area contributed by atoms with Crippen LogP contribution >= 0.6 is 11.8 Å². The molecule has 4 rings (SSSR count). The molecule has 4 nitrogen and oxygen atoms in total. The summed E-state index contributed by atoms with van der Waals surface area (Å²) in [7, 11) is 0. The normalized spacial score (nSPS) is 18.9. The zero-order valence-corrected chi connectivity index (χ0v) is 18.4. The number of hydrogen-bond donors (Lipinski definition) is 1. The summed E-state index contributed by atoms with van der Waals surface area (Å²) in [5.41, 5.74) is 2.52. The van der Waals surface area contributed by atoms with E-state index in [2.05, 4.69) is 29.4 Å². The highest BCUT2D eigenvalue weighted by atomic mass is 32.2. The van der Waals surface area contributed by atoms with Gasteiger partial charge in [-0.2, -0.15) is 0 Å². The predicted molar refractivity (Wildman–Crippen MR) is 122 cm³/mol. The van der Waals surface area contributed by atoms with Crippen LogP contribution in [0.5, 0.6) is 0 Å². The van der Waals surface area contributed by atoms with Crippen LogP contribution in [-0.2, 0) is 5.75 Å². The van der Waals surface area contributed by atoms with Gasteiger partial charge in [-0.1, -0.05) is 38.0 Å². The summed E-state index contributed by atoms with van der Waals surface area (Å²) in [6.07, 6.45) is 4.73. The molecule has 1 heterocycles. The highest BCUT2D eigenvalue weighted by Crippen LogP contribution is 2.28. The van der Waals surface area contributed by atoms with Gasteiger partial charge in [-0.3, -0.25) is 4.79 Å². The zero-order valence-electron chi connectivity index (χ0n) is 17.6. The summed E-state index contributed by atoms with van der Waals surface area (Å²) in [5.74, 6) is 2.75. The molecule has 156 valence electrons. The summed E-state index contributed by atoms with van der Waals surface area (Å²) < 4.78 is 5.90. The van der Waals surface area contributed by atoms with Crippen molar-refractivity contribution < 1.29 is 9.21 Å². The lowest BCUT2D eigenvalue weighted by Gasteiger charge is -2.29. The van der Waals surface area contributed by atoms with Crippen molar-refractivity contribution in [3.8, 4) is 11.5 Å². The van der Waals surface area contributed by atoms with E-state index in [1.807, 2.05) is 49.4 Å². The van der Waals surface area contributed by atoms with E-state index in [9.17, 15) is 4.79 Å². The second kappa shape index (κ2) is 9.52. The van der Waals surface area contributed by atoms with Crippen LogP contribution in [0.15, 0.2) is 63.9 Å². The van der Waals surface area contributed by atoms with Gasteiger partial charge >= 0.3 is 0 Å². The Morgan fingerprint density at radius 2 is 1.83 bits per heavy atom. The molecule has 0 aliphatic heterocycles. The van der Waals surface area contributed by atoms with Crippen LogP contribution in [0, 0.1) is 12.8 Å². The summed E-state index contributed by atoms with van der Waals surface area (Å²) in [4.78, 5) is 18.5. The molecule has 1 saturated carbocycles. The van der Waals surface area contributed by atoms with Crippen LogP contribution < -0.4 is 5.32 Å². The molecule has 1 fully saturated rings. The van der Waals surface area contributed by atoms with Crippen molar-refractivity contribution in [1.29, 1.82) is 0 Å². The van der Waals surface area contributed by atoms with Gasteiger partial charge in [0.15, 0.2) is 0 Å². The molecule has 0 saturated heterocycles. The molecule has 1 aliphatic carbocycles. The second-order valence-electron chi connectivity index (χ2n) is 8.04. The Hall–Kier alpha value is -2.53. The first-order valence-electron chi connectivity index (χ1n) is 10.7. The summed E-state index contributed by atoms with van der Waals surface area (Å²) in [6.45, 7) is 4.18. The van der Waals surface area contributed by atoms with Crippen molar-refractivity contribution in [2.45, 2.75) is 56.2 Å². The quantitative estimate of drug-likeness (QED) is 0.479. The molecule has 0 radical (unpaired) electrons. The van der Waals surface area contributed by atoms with Gasteiger partial charge < -0.3 is 9.73 Å². The maximum atomic E-state index is 12.6. The van der Waals surface area contributed by atoms with Crippen molar-refractivity contribution >= 4 is 17.7 Å². The first-order chi connectivity index (χ1) is 14.6. The summed E-state index contributed by atoms with van der Waals surface area (Å²) >= 11 is 1.74. The van der Waals surface area contributed by atoms with Crippen LogP contribution in [0.4, 0.5) is 0 Å². The van der Waals surface area contributed by atoms with Gasteiger partial charge in [-0.15, -0.1) is 11.8 Å². The molecular formula is C25H28N2O2S. The first kappa shape index (κ1) is 20.7. The molecule has 1 aromatic heterocycles. The zero-order chi connectivity index (χ0) is 20.9. The summed E-state index contributed by atoms with van der Waals surface area (Å²) in [6, 6.07) is 18.1. The molecule has 2 unspecified atom stereocenters. The fraction of sp³-hybridized carbons (Fsp3) is 0.360. The number of aryl methyl sites for hydroxylation is 1. The minimum absolute atomic E-state index is 0.00355. The number of carbonyl (C=O) groups is 1. The second-order valence-corrected chi connectivity index (χ2v) is 9.09. The van der Waals surface area contributed by atoms with E-state index >= 15 is 0 Å². The number of amides is 1. The number of nitrogens with one attached hydrogen (secondary N) is 1. The van der Waals surface area contributed by atoms with E-state index in [0.717, 1.165) is 29.2 Å². The number of nitrogens with zero attached hydrogens (tertiary/aromatic N) is 1. The third-order valence-electron chi connectivity index (χ3n) is 5.83. The highest BCUT2D eigenvalue weighted by molar-refractivity contribution is 7.98. The van der Waals surface area contributed by atoms with Gasteiger partial charge in [-0.05, 0) is 62.1 Å². The van der Waals surface area contributed by atoms with Crippen molar-refractivity contribution in [1.82, 2.24) is 10.3 Å². The number of hydrogen-bond acceptors (Lipinski definition) is 4. The molecule has 3 aromatic rings. The van der Waals surface area contributed by atoms with Crippen LogP contribution in [0.3, 0.4) is 0 Å². The summed E-state index contributed by atoms with van der Waals surface area (Å²) in [5, 5.41) is 3.21. The van der Waals surface area contributed by atoms with E-state index in [-0.39, 0.29) is 11.9 Å². The monoisotopic (exact) mass is 420 g/mol. The average Bonchev–Trinajstić information content (AvgIpc) is 3.15. The molecule has 2 atom stereocenters. The number of thioether (sulfide) groups is 1. The van der Waals surface area contributed by atoms with E-state index in [0.29, 0.717) is 17.4 Å². The molecule has 1 aliphatic rings. The molecule has 5 heteroatoms. The highest BCUT2D eigenvalue weighted by Gasteiger charge is 2.23. The lowest BCUT2D eigenvalue weighted by atomic mass is 9.86.